The first kappa shape index (κ1) is 15.5. The Kier molecular flexibility index (Phi) is 3.80. The van der Waals surface area contributed by atoms with E-state index in [9.17, 15) is 9.18 Å². The van der Waals surface area contributed by atoms with E-state index in [1.165, 1.54) is 22.4 Å². The minimum Gasteiger partial charge on any atom is -0.342 e. The highest BCUT2D eigenvalue weighted by atomic mass is 19.1. The third-order valence-corrected chi connectivity index (χ3v) is 4.48. The van der Waals surface area contributed by atoms with Crippen molar-refractivity contribution in [3.05, 3.63) is 77.1 Å². The molecule has 1 aliphatic carbocycles. The standard InChI is InChI=1S/C19H17FN4O/c1-12-21-18(23-24(12)15-9-7-14(20)8-10-15)19(25)22-17-11-6-13-4-2-3-5-16(13)17/h2-5,7-10,17H,6,11H2,1H3,(H,22,25)/t17-/m0/s1. The molecule has 1 heterocycles. The molecule has 0 radical (unpaired) electrons. The van der Waals surface area contributed by atoms with Gasteiger partial charge < -0.3 is 5.32 Å². The predicted molar refractivity (Wildman–Crippen MR) is 91.0 cm³/mol. The largest absolute Gasteiger partial charge is 0.342 e. The molecule has 0 unspecified atom stereocenters. The highest BCUT2D eigenvalue weighted by Gasteiger charge is 2.25. The average molecular weight is 336 g/mol. The van der Waals surface area contributed by atoms with Gasteiger partial charge in [0, 0.05) is 0 Å². The molecule has 0 bridgehead atoms. The van der Waals surface area contributed by atoms with Gasteiger partial charge in [-0.15, -0.1) is 5.10 Å². The highest BCUT2D eigenvalue weighted by Crippen LogP contribution is 2.30. The second kappa shape index (κ2) is 6.12. The van der Waals surface area contributed by atoms with Gasteiger partial charge in [0.2, 0.25) is 5.82 Å². The van der Waals surface area contributed by atoms with Crippen molar-refractivity contribution >= 4 is 5.91 Å². The van der Waals surface area contributed by atoms with E-state index in [1.807, 2.05) is 18.2 Å². The number of amides is 1. The molecule has 0 aliphatic heterocycles. The zero-order valence-corrected chi connectivity index (χ0v) is 13.7. The van der Waals surface area contributed by atoms with Crippen molar-refractivity contribution in [2.45, 2.75) is 25.8 Å². The number of hydrogen-bond acceptors (Lipinski definition) is 3. The lowest BCUT2D eigenvalue weighted by molar-refractivity contribution is 0.0926. The van der Waals surface area contributed by atoms with E-state index >= 15 is 0 Å². The summed E-state index contributed by atoms with van der Waals surface area (Å²) >= 11 is 0. The molecule has 1 aromatic heterocycles. The Labute approximate surface area is 144 Å². The normalized spacial score (nSPS) is 15.8. The van der Waals surface area contributed by atoms with Crippen molar-refractivity contribution in [1.29, 1.82) is 0 Å². The van der Waals surface area contributed by atoms with Gasteiger partial charge in [-0.3, -0.25) is 4.79 Å². The fourth-order valence-electron chi connectivity index (χ4n) is 3.24. The fourth-order valence-corrected chi connectivity index (χ4v) is 3.24. The van der Waals surface area contributed by atoms with Gasteiger partial charge in [-0.05, 0) is 55.2 Å². The summed E-state index contributed by atoms with van der Waals surface area (Å²) in [6, 6.07) is 14.0. The van der Waals surface area contributed by atoms with Crippen molar-refractivity contribution in [2.75, 3.05) is 0 Å². The first-order valence-corrected chi connectivity index (χ1v) is 8.20. The number of nitrogens with one attached hydrogen (secondary N) is 1. The van der Waals surface area contributed by atoms with Crippen LogP contribution in [0, 0.1) is 12.7 Å². The predicted octanol–water partition coefficient (Wildman–Crippen LogP) is 3.13. The summed E-state index contributed by atoms with van der Waals surface area (Å²) in [5, 5.41) is 7.29. The number of carbonyl (C=O) groups is 1. The van der Waals surface area contributed by atoms with Gasteiger partial charge in [0.25, 0.3) is 5.91 Å². The van der Waals surface area contributed by atoms with Crippen molar-refractivity contribution in [1.82, 2.24) is 20.1 Å². The molecule has 126 valence electrons. The molecule has 6 heteroatoms. The summed E-state index contributed by atoms with van der Waals surface area (Å²) in [6.45, 7) is 1.76. The van der Waals surface area contributed by atoms with E-state index in [0.717, 1.165) is 18.4 Å². The average Bonchev–Trinajstić information content (AvgIpc) is 3.20. The Balaban J connectivity index is 1.56. The van der Waals surface area contributed by atoms with Gasteiger partial charge in [0.15, 0.2) is 0 Å². The van der Waals surface area contributed by atoms with E-state index in [2.05, 4.69) is 21.5 Å². The molecule has 2 aromatic carbocycles. The second-order valence-corrected chi connectivity index (χ2v) is 6.13. The van der Waals surface area contributed by atoms with E-state index in [4.69, 9.17) is 0 Å². The minimum atomic E-state index is -0.320. The monoisotopic (exact) mass is 336 g/mol. The lowest BCUT2D eigenvalue weighted by atomic mass is 10.1. The number of rotatable bonds is 3. The zero-order valence-electron chi connectivity index (χ0n) is 13.7. The molecule has 3 aromatic rings. The van der Waals surface area contributed by atoms with Gasteiger partial charge in [-0.25, -0.2) is 14.1 Å². The van der Waals surface area contributed by atoms with Crippen LogP contribution >= 0.6 is 0 Å². The third-order valence-electron chi connectivity index (χ3n) is 4.48. The number of carbonyl (C=O) groups excluding carboxylic acids is 1. The van der Waals surface area contributed by atoms with Crippen LogP contribution in [0.4, 0.5) is 4.39 Å². The number of hydrogen-bond donors (Lipinski definition) is 1. The van der Waals surface area contributed by atoms with Crippen LogP contribution in [0.3, 0.4) is 0 Å². The summed E-state index contributed by atoms with van der Waals surface area (Å²) < 4.78 is 14.6. The Morgan fingerprint density at radius 2 is 1.96 bits per heavy atom. The summed E-state index contributed by atoms with van der Waals surface area (Å²) in [7, 11) is 0. The van der Waals surface area contributed by atoms with E-state index < -0.39 is 0 Å². The molecule has 0 saturated heterocycles. The van der Waals surface area contributed by atoms with E-state index in [0.29, 0.717) is 11.5 Å². The first-order valence-electron chi connectivity index (χ1n) is 8.20. The topological polar surface area (TPSA) is 59.8 Å². The molecule has 1 N–H and O–H groups in total. The molecule has 0 saturated carbocycles. The molecule has 1 aliphatic rings. The third kappa shape index (κ3) is 2.91. The maximum Gasteiger partial charge on any atom is 0.291 e. The maximum atomic E-state index is 13.1. The minimum absolute atomic E-state index is 0.0122. The Bertz CT molecular complexity index is 933. The van der Waals surface area contributed by atoms with Crippen LogP contribution in [0.25, 0.3) is 5.69 Å². The smallest absolute Gasteiger partial charge is 0.291 e. The summed E-state index contributed by atoms with van der Waals surface area (Å²) in [5.74, 6) is 0.0693. The number of benzene rings is 2. The summed E-state index contributed by atoms with van der Waals surface area (Å²) in [5.41, 5.74) is 3.09. The number of aromatic nitrogens is 3. The summed E-state index contributed by atoms with van der Waals surface area (Å²) in [4.78, 5) is 16.8. The number of aryl methyl sites for hydroxylation is 2. The van der Waals surface area contributed by atoms with Crippen LogP contribution in [-0.4, -0.2) is 20.7 Å². The lowest BCUT2D eigenvalue weighted by Gasteiger charge is -2.12. The molecular formula is C19H17FN4O. The Hall–Kier alpha value is -3.02. The number of nitrogens with zero attached hydrogens (tertiary/aromatic N) is 3. The van der Waals surface area contributed by atoms with Crippen LogP contribution in [0.1, 0.15) is 40.0 Å². The van der Waals surface area contributed by atoms with Gasteiger partial charge >= 0.3 is 0 Å². The number of halogens is 1. The molecule has 0 spiro atoms. The lowest BCUT2D eigenvalue weighted by Crippen LogP contribution is -2.28. The quantitative estimate of drug-likeness (QED) is 0.799. The van der Waals surface area contributed by atoms with E-state index in [-0.39, 0.29) is 23.6 Å². The van der Waals surface area contributed by atoms with E-state index in [1.54, 1.807) is 19.1 Å². The van der Waals surface area contributed by atoms with Gasteiger partial charge in [0.1, 0.15) is 11.6 Å². The van der Waals surface area contributed by atoms with Gasteiger partial charge in [0.05, 0.1) is 11.7 Å². The van der Waals surface area contributed by atoms with Crippen molar-refractivity contribution in [2.24, 2.45) is 0 Å². The highest BCUT2D eigenvalue weighted by molar-refractivity contribution is 5.90. The molecule has 25 heavy (non-hydrogen) atoms. The summed E-state index contributed by atoms with van der Waals surface area (Å²) in [6.07, 6.45) is 1.83. The Morgan fingerprint density at radius 1 is 1.20 bits per heavy atom. The number of fused-ring (bicyclic) bond motifs is 1. The fraction of sp³-hybridized carbons (Fsp3) is 0.211. The molecule has 5 nitrogen and oxygen atoms in total. The van der Waals surface area contributed by atoms with Crippen LogP contribution < -0.4 is 5.32 Å². The molecule has 0 fully saturated rings. The first-order chi connectivity index (χ1) is 12.1. The van der Waals surface area contributed by atoms with Crippen LogP contribution in [-0.2, 0) is 6.42 Å². The molecule has 4 rings (SSSR count). The molecule has 1 amide bonds. The second-order valence-electron chi connectivity index (χ2n) is 6.13. The van der Waals surface area contributed by atoms with Gasteiger partial charge in [-0.2, -0.15) is 0 Å². The van der Waals surface area contributed by atoms with Crippen molar-refractivity contribution in [3.63, 3.8) is 0 Å². The van der Waals surface area contributed by atoms with Crippen LogP contribution in [0.5, 0.6) is 0 Å². The zero-order chi connectivity index (χ0) is 17.4. The van der Waals surface area contributed by atoms with Gasteiger partial charge in [-0.1, -0.05) is 24.3 Å². The van der Waals surface area contributed by atoms with Crippen LogP contribution in [0.2, 0.25) is 0 Å². The Morgan fingerprint density at radius 3 is 2.76 bits per heavy atom. The molecular weight excluding hydrogens is 319 g/mol. The molecule has 1 atom stereocenters. The maximum absolute atomic E-state index is 13.1. The SMILES string of the molecule is Cc1nc(C(=O)N[C@H]2CCc3ccccc32)nn1-c1ccc(F)cc1. The van der Waals surface area contributed by atoms with Crippen molar-refractivity contribution < 1.29 is 9.18 Å². The van der Waals surface area contributed by atoms with Crippen LogP contribution in [0.15, 0.2) is 48.5 Å². The van der Waals surface area contributed by atoms with Crippen molar-refractivity contribution in [3.8, 4) is 5.69 Å².